The molecule has 0 unspecified atom stereocenters. The van der Waals surface area contributed by atoms with Crippen LogP contribution in [0.5, 0.6) is 5.75 Å². The zero-order valence-corrected chi connectivity index (χ0v) is 16.5. The third-order valence-corrected chi connectivity index (χ3v) is 6.96. The van der Waals surface area contributed by atoms with Crippen LogP contribution < -0.4 is 15.4 Å². The lowest BCUT2D eigenvalue weighted by atomic mass is 9.87. The second-order valence-electron chi connectivity index (χ2n) is 6.98. The number of imide groups is 1. The molecule has 0 aromatic heterocycles. The minimum absolute atomic E-state index is 0.0253. The first-order valence-corrected chi connectivity index (χ1v) is 10.8. The lowest BCUT2D eigenvalue weighted by Crippen LogP contribution is -2.46. The van der Waals surface area contributed by atoms with Crippen LogP contribution in [0.25, 0.3) is 0 Å². The monoisotopic (exact) mass is 409 g/mol. The third kappa shape index (κ3) is 3.68. The Balaban J connectivity index is 1.73. The van der Waals surface area contributed by atoms with Crippen LogP contribution in [0.2, 0.25) is 0 Å². The molecule has 2 N–H and O–H groups in total. The number of amides is 4. The van der Waals surface area contributed by atoms with E-state index in [9.17, 15) is 22.8 Å². The van der Waals surface area contributed by atoms with E-state index in [-0.39, 0.29) is 11.5 Å². The SMILES string of the molecule is CC[C@]1(c2ccc(OC)cc2)NC(=O)N(CC(=O)N[C@@H]2CCS(=O)(=O)C2)C1=O. The molecule has 1 aromatic rings. The predicted molar refractivity (Wildman–Crippen MR) is 100 cm³/mol. The molecular formula is C18H23N3O6S. The Bertz CT molecular complexity index is 898. The van der Waals surface area contributed by atoms with Gasteiger partial charge in [-0.1, -0.05) is 19.1 Å². The van der Waals surface area contributed by atoms with Crippen molar-refractivity contribution >= 4 is 27.7 Å². The van der Waals surface area contributed by atoms with Gasteiger partial charge in [0.1, 0.15) is 17.8 Å². The van der Waals surface area contributed by atoms with Gasteiger partial charge in [0.25, 0.3) is 5.91 Å². The number of hydrogen-bond donors (Lipinski definition) is 2. The molecule has 0 radical (unpaired) electrons. The molecule has 0 saturated carbocycles. The van der Waals surface area contributed by atoms with Gasteiger partial charge in [0, 0.05) is 6.04 Å². The number of nitrogens with one attached hydrogen (secondary N) is 2. The topological polar surface area (TPSA) is 122 Å². The number of rotatable bonds is 6. The first-order chi connectivity index (χ1) is 13.2. The maximum Gasteiger partial charge on any atom is 0.325 e. The van der Waals surface area contributed by atoms with E-state index in [0.29, 0.717) is 24.2 Å². The molecule has 1 aromatic carbocycles. The molecule has 2 aliphatic rings. The zero-order chi connectivity index (χ0) is 20.5. The molecule has 0 aliphatic carbocycles. The number of hydrogen-bond acceptors (Lipinski definition) is 6. The van der Waals surface area contributed by atoms with Crippen molar-refractivity contribution in [3.05, 3.63) is 29.8 Å². The van der Waals surface area contributed by atoms with Gasteiger partial charge in [0.05, 0.1) is 18.6 Å². The van der Waals surface area contributed by atoms with Crippen molar-refractivity contribution in [3.8, 4) is 5.75 Å². The predicted octanol–water partition coefficient (Wildman–Crippen LogP) is 0.156. The molecule has 152 valence electrons. The average Bonchev–Trinajstić information content (AvgIpc) is 3.12. The lowest BCUT2D eigenvalue weighted by molar-refractivity contribution is -0.135. The summed E-state index contributed by atoms with van der Waals surface area (Å²) in [4.78, 5) is 38.6. The minimum Gasteiger partial charge on any atom is -0.497 e. The summed E-state index contributed by atoms with van der Waals surface area (Å²) >= 11 is 0. The summed E-state index contributed by atoms with van der Waals surface area (Å²) in [6.45, 7) is 1.31. The molecule has 9 nitrogen and oxygen atoms in total. The first-order valence-electron chi connectivity index (χ1n) is 8.99. The van der Waals surface area contributed by atoms with Crippen molar-refractivity contribution in [2.24, 2.45) is 0 Å². The Kier molecular flexibility index (Phi) is 5.33. The summed E-state index contributed by atoms with van der Waals surface area (Å²) in [5, 5.41) is 5.30. The van der Waals surface area contributed by atoms with Crippen LogP contribution >= 0.6 is 0 Å². The van der Waals surface area contributed by atoms with Gasteiger partial charge in [0.2, 0.25) is 5.91 Å². The Hall–Kier alpha value is -2.62. The number of urea groups is 1. The molecule has 2 saturated heterocycles. The van der Waals surface area contributed by atoms with E-state index in [1.54, 1.807) is 31.2 Å². The van der Waals surface area contributed by atoms with Crippen LogP contribution in [-0.2, 0) is 25.0 Å². The van der Waals surface area contributed by atoms with E-state index in [4.69, 9.17) is 4.74 Å². The summed E-state index contributed by atoms with van der Waals surface area (Å²) in [5.74, 6) is -0.553. The second-order valence-corrected chi connectivity index (χ2v) is 9.21. The van der Waals surface area contributed by atoms with Crippen LogP contribution in [0, 0.1) is 0 Å². The van der Waals surface area contributed by atoms with Gasteiger partial charge in [-0.2, -0.15) is 0 Å². The third-order valence-electron chi connectivity index (χ3n) is 5.19. The van der Waals surface area contributed by atoms with E-state index in [1.807, 2.05) is 0 Å². The smallest absolute Gasteiger partial charge is 0.325 e. The highest BCUT2D eigenvalue weighted by molar-refractivity contribution is 7.91. The van der Waals surface area contributed by atoms with Crippen LogP contribution in [0.1, 0.15) is 25.3 Å². The number of benzene rings is 1. The molecule has 0 spiro atoms. The molecule has 0 bridgehead atoms. The maximum atomic E-state index is 13.0. The van der Waals surface area contributed by atoms with E-state index in [1.165, 1.54) is 7.11 Å². The van der Waals surface area contributed by atoms with Crippen molar-refractivity contribution in [2.75, 3.05) is 25.2 Å². The first kappa shape index (κ1) is 20.1. The summed E-state index contributed by atoms with van der Waals surface area (Å²) in [6.07, 6.45) is 0.641. The highest BCUT2D eigenvalue weighted by Gasteiger charge is 2.51. The summed E-state index contributed by atoms with van der Waals surface area (Å²) in [7, 11) is -1.61. The molecule has 2 fully saturated rings. The summed E-state index contributed by atoms with van der Waals surface area (Å²) < 4.78 is 28.1. The number of nitrogens with zero attached hydrogens (tertiary/aromatic N) is 1. The van der Waals surface area contributed by atoms with Gasteiger partial charge >= 0.3 is 6.03 Å². The Morgan fingerprint density at radius 3 is 2.54 bits per heavy atom. The standard InChI is InChI=1S/C18H23N3O6S/c1-3-18(12-4-6-14(27-2)7-5-12)16(23)21(17(24)20-18)10-15(22)19-13-8-9-28(25,26)11-13/h4-7,13H,3,8-11H2,1-2H3,(H,19,22)(H,20,24)/t13-,18-/m1/s1. The zero-order valence-electron chi connectivity index (χ0n) is 15.7. The van der Waals surface area contributed by atoms with Crippen molar-refractivity contribution in [1.29, 1.82) is 0 Å². The minimum atomic E-state index is -3.14. The second kappa shape index (κ2) is 7.42. The molecule has 10 heteroatoms. The van der Waals surface area contributed by atoms with Crippen LogP contribution in [0.15, 0.2) is 24.3 Å². The van der Waals surface area contributed by atoms with Gasteiger partial charge in [0.15, 0.2) is 9.84 Å². The normalized spacial score (nSPS) is 26.2. The fourth-order valence-electron chi connectivity index (χ4n) is 3.61. The molecule has 2 heterocycles. The maximum absolute atomic E-state index is 13.0. The average molecular weight is 409 g/mol. The van der Waals surface area contributed by atoms with E-state index in [2.05, 4.69) is 10.6 Å². The van der Waals surface area contributed by atoms with Crippen molar-refractivity contribution in [2.45, 2.75) is 31.3 Å². The highest BCUT2D eigenvalue weighted by Crippen LogP contribution is 2.33. The number of ether oxygens (including phenoxy) is 1. The number of sulfone groups is 1. The van der Waals surface area contributed by atoms with Gasteiger partial charge in [-0.05, 0) is 30.5 Å². The highest BCUT2D eigenvalue weighted by atomic mass is 32.2. The van der Waals surface area contributed by atoms with E-state index >= 15 is 0 Å². The van der Waals surface area contributed by atoms with E-state index in [0.717, 1.165) is 4.90 Å². The Morgan fingerprint density at radius 1 is 1.32 bits per heavy atom. The van der Waals surface area contributed by atoms with Crippen molar-refractivity contribution in [1.82, 2.24) is 15.5 Å². The molecule has 3 rings (SSSR count). The molecule has 4 amide bonds. The van der Waals surface area contributed by atoms with Crippen LogP contribution in [0.3, 0.4) is 0 Å². The van der Waals surface area contributed by atoms with Gasteiger partial charge in [-0.25, -0.2) is 13.2 Å². The number of carbonyl (C=O) groups excluding carboxylic acids is 3. The fourth-order valence-corrected chi connectivity index (χ4v) is 5.28. The van der Waals surface area contributed by atoms with Crippen LogP contribution in [0.4, 0.5) is 4.79 Å². The Morgan fingerprint density at radius 2 is 2.00 bits per heavy atom. The molecule has 2 atom stereocenters. The molecular weight excluding hydrogens is 386 g/mol. The lowest BCUT2D eigenvalue weighted by Gasteiger charge is -2.26. The quantitative estimate of drug-likeness (QED) is 0.645. The number of methoxy groups -OCH3 is 1. The largest absolute Gasteiger partial charge is 0.497 e. The molecule has 28 heavy (non-hydrogen) atoms. The van der Waals surface area contributed by atoms with Gasteiger partial charge in [-0.3, -0.25) is 14.5 Å². The van der Waals surface area contributed by atoms with Gasteiger partial charge < -0.3 is 15.4 Å². The fraction of sp³-hybridized carbons (Fsp3) is 0.500. The number of carbonyl (C=O) groups is 3. The molecule has 2 aliphatic heterocycles. The van der Waals surface area contributed by atoms with Crippen molar-refractivity contribution < 1.29 is 27.5 Å². The van der Waals surface area contributed by atoms with Crippen molar-refractivity contribution in [3.63, 3.8) is 0 Å². The Labute approximate surface area is 163 Å². The van der Waals surface area contributed by atoms with Crippen LogP contribution in [-0.4, -0.2) is 62.4 Å². The summed E-state index contributed by atoms with van der Waals surface area (Å²) in [6, 6.07) is 5.65. The van der Waals surface area contributed by atoms with E-state index < -0.39 is 45.8 Å². The summed E-state index contributed by atoms with van der Waals surface area (Å²) in [5.41, 5.74) is -0.653. The van der Waals surface area contributed by atoms with Gasteiger partial charge in [-0.15, -0.1) is 0 Å².